The number of hydrogen-bond donors (Lipinski definition) is 2. The Hall–Kier alpha value is -1.22. The van der Waals surface area contributed by atoms with Gasteiger partial charge in [0.15, 0.2) is 0 Å². The highest BCUT2D eigenvalue weighted by molar-refractivity contribution is 7.89. The highest BCUT2D eigenvalue weighted by atomic mass is 32.2. The summed E-state index contributed by atoms with van der Waals surface area (Å²) in [7, 11) is -4.89. The molecule has 0 unspecified atom stereocenters. The predicted molar refractivity (Wildman–Crippen MR) is 71.2 cm³/mol. The molecule has 0 fully saturated rings. The smallest absolute Gasteiger partial charge is 0.232 e. The van der Waals surface area contributed by atoms with Crippen molar-refractivity contribution >= 4 is 20.0 Å². The van der Waals surface area contributed by atoms with E-state index in [1.807, 2.05) is 0 Å². The fraction of sp³-hybridized carbons (Fsp3) is 0.556. The van der Waals surface area contributed by atoms with Gasteiger partial charge in [-0.1, -0.05) is 0 Å². The zero-order valence-corrected chi connectivity index (χ0v) is 12.3. The fourth-order valence-corrected chi connectivity index (χ4v) is 1.59. The Balaban J connectivity index is 4.24. The van der Waals surface area contributed by atoms with Crippen LogP contribution >= 0.6 is 0 Å². The number of nitrogens with zero attached hydrogens (tertiary/aromatic N) is 1. The third kappa shape index (κ3) is 7.96. The van der Waals surface area contributed by atoms with E-state index in [2.05, 4.69) is 9.44 Å². The van der Waals surface area contributed by atoms with Gasteiger partial charge in [-0.15, -0.1) is 0 Å². The molecule has 0 aromatic rings. The lowest BCUT2D eigenvalue weighted by Gasteiger charge is -2.07. The normalized spacial score (nSPS) is 13.1. The van der Waals surface area contributed by atoms with Gasteiger partial charge in [-0.05, 0) is 13.8 Å². The molecule has 0 aliphatic rings. The minimum absolute atomic E-state index is 0.00675. The summed E-state index contributed by atoms with van der Waals surface area (Å²) in [5.41, 5.74) is 0. The van der Waals surface area contributed by atoms with Gasteiger partial charge < -0.3 is 4.90 Å². The monoisotopic (exact) mass is 297 g/mol. The van der Waals surface area contributed by atoms with Crippen molar-refractivity contribution in [1.82, 2.24) is 14.3 Å². The molecule has 7 nitrogen and oxygen atoms in total. The Bertz CT molecular complexity index is 448. The second-order valence-corrected chi connectivity index (χ2v) is 7.42. The molecule has 0 atom stereocenters. The van der Waals surface area contributed by atoms with E-state index in [-0.39, 0.29) is 11.5 Å². The molecular formula is C9H19N3O4S2. The van der Waals surface area contributed by atoms with Crippen molar-refractivity contribution in [3.05, 3.63) is 24.8 Å². The molecule has 0 aromatic heterocycles. The van der Waals surface area contributed by atoms with Crippen LogP contribution in [0.1, 0.15) is 13.8 Å². The van der Waals surface area contributed by atoms with Crippen LogP contribution in [0.25, 0.3) is 0 Å². The van der Waals surface area contributed by atoms with Gasteiger partial charge in [-0.2, -0.15) is 0 Å². The van der Waals surface area contributed by atoms with Crippen molar-refractivity contribution in [2.75, 3.05) is 18.6 Å². The second kappa shape index (κ2) is 7.27. The molecule has 0 saturated heterocycles. The van der Waals surface area contributed by atoms with E-state index in [0.717, 1.165) is 0 Å². The topological polar surface area (TPSA) is 95.6 Å². The van der Waals surface area contributed by atoms with Crippen molar-refractivity contribution in [2.24, 2.45) is 0 Å². The minimum atomic E-state index is -3.26. The van der Waals surface area contributed by atoms with Crippen molar-refractivity contribution in [2.45, 2.75) is 13.8 Å². The molecule has 0 radical (unpaired) electrons. The molecule has 0 bridgehead atoms. The van der Waals surface area contributed by atoms with Crippen LogP contribution in [0, 0.1) is 0 Å². The van der Waals surface area contributed by atoms with E-state index >= 15 is 0 Å². The molecule has 0 aromatic carbocycles. The Morgan fingerprint density at radius 3 is 1.50 bits per heavy atom. The lowest BCUT2D eigenvalue weighted by atomic mass is 10.7. The zero-order chi connectivity index (χ0) is 14.2. The molecular weight excluding hydrogens is 278 g/mol. The standard InChI is InChI=1S/C9H19N3O4S2/c1-4-17(13,14)10-6-8-12(3)9-7-11-18(15,16)5-2/h6-11H,4-5H2,1-3H3/b8-6+,9-7+. The predicted octanol–water partition coefficient (Wildman–Crippen LogP) is -0.261. The SMILES string of the molecule is CCS(=O)(=O)N/C=C/N(C)/C=C/NS(=O)(=O)CC. The lowest BCUT2D eigenvalue weighted by molar-refractivity contribution is 0.587. The molecule has 0 aliphatic heterocycles. The van der Waals surface area contributed by atoms with E-state index in [0.29, 0.717) is 0 Å². The summed E-state index contributed by atoms with van der Waals surface area (Å²) in [5, 5.41) is 0. The molecule has 106 valence electrons. The maximum absolute atomic E-state index is 11.1. The first-order chi connectivity index (χ1) is 8.22. The Labute approximate surface area is 109 Å². The van der Waals surface area contributed by atoms with Crippen molar-refractivity contribution in [3.63, 3.8) is 0 Å². The number of rotatable bonds is 8. The third-order valence-electron chi connectivity index (χ3n) is 1.87. The van der Waals surface area contributed by atoms with Gasteiger partial charge in [-0.3, -0.25) is 9.44 Å². The van der Waals surface area contributed by atoms with E-state index in [9.17, 15) is 16.8 Å². The maximum atomic E-state index is 11.1. The quantitative estimate of drug-likeness (QED) is 0.643. The van der Waals surface area contributed by atoms with Crippen molar-refractivity contribution < 1.29 is 16.8 Å². The summed E-state index contributed by atoms with van der Waals surface area (Å²) >= 11 is 0. The fourth-order valence-electron chi connectivity index (χ4n) is 0.720. The van der Waals surface area contributed by atoms with Crippen LogP contribution in [0.15, 0.2) is 24.8 Å². The number of sulfonamides is 2. The Morgan fingerprint density at radius 2 is 1.22 bits per heavy atom. The van der Waals surface area contributed by atoms with E-state index < -0.39 is 20.0 Å². The molecule has 0 spiro atoms. The molecule has 0 heterocycles. The minimum Gasteiger partial charge on any atom is -0.354 e. The molecule has 9 heteroatoms. The van der Waals surface area contributed by atoms with Crippen LogP contribution in [0.4, 0.5) is 0 Å². The Morgan fingerprint density at radius 1 is 0.889 bits per heavy atom. The summed E-state index contributed by atoms with van der Waals surface area (Å²) in [5.74, 6) is -0.0135. The van der Waals surface area contributed by atoms with Crippen molar-refractivity contribution in [3.8, 4) is 0 Å². The van der Waals surface area contributed by atoms with Crippen LogP contribution in [0.2, 0.25) is 0 Å². The summed E-state index contributed by atoms with van der Waals surface area (Å²) < 4.78 is 48.8. The molecule has 0 saturated carbocycles. The number of hydrogen-bond acceptors (Lipinski definition) is 5. The van der Waals surface area contributed by atoms with Gasteiger partial charge in [0, 0.05) is 31.8 Å². The second-order valence-electron chi connectivity index (χ2n) is 3.34. The van der Waals surface area contributed by atoms with Gasteiger partial charge in [0.1, 0.15) is 0 Å². The van der Waals surface area contributed by atoms with Gasteiger partial charge in [0.25, 0.3) is 0 Å². The lowest BCUT2D eigenvalue weighted by Crippen LogP contribution is -2.21. The van der Waals surface area contributed by atoms with Crippen LogP contribution in [-0.4, -0.2) is 40.3 Å². The van der Waals surface area contributed by atoms with Crippen LogP contribution in [0.3, 0.4) is 0 Å². The summed E-state index contributed by atoms with van der Waals surface area (Å²) in [6.07, 6.45) is 5.42. The van der Waals surface area contributed by atoms with E-state index in [1.54, 1.807) is 7.05 Å². The zero-order valence-electron chi connectivity index (χ0n) is 10.6. The molecule has 0 amide bonds. The first kappa shape index (κ1) is 16.8. The molecule has 0 aliphatic carbocycles. The van der Waals surface area contributed by atoms with Gasteiger partial charge >= 0.3 is 0 Å². The molecule has 0 rings (SSSR count). The average molecular weight is 297 g/mol. The third-order valence-corrected chi connectivity index (χ3v) is 4.39. The van der Waals surface area contributed by atoms with E-state index in [1.165, 1.54) is 43.5 Å². The first-order valence-electron chi connectivity index (χ1n) is 5.27. The Kier molecular flexibility index (Phi) is 6.77. The highest BCUT2D eigenvalue weighted by Gasteiger charge is 2.01. The van der Waals surface area contributed by atoms with Crippen LogP contribution in [0.5, 0.6) is 0 Å². The summed E-state index contributed by atoms with van der Waals surface area (Å²) in [4.78, 5) is 1.50. The highest BCUT2D eigenvalue weighted by Crippen LogP contribution is 1.88. The average Bonchev–Trinajstić information content (AvgIpc) is 2.28. The van der Waals surface area contributed by atoms with Crippen LogP contribution in [-0.2, 0) is 20.0 Å². The van der Waals surface area contributed by atoms with Crippen molar-refractivity contribution in [1.29, 1.82) is 0 Å². The largest absolute Gasteiger partial charge is 0.354 e. The van der Waals surface area contributed by atoms with E-state index in [4.69, 9.17) is 0 Å². The molecule has 2 N–H and O–H groups in total. The first-order valence-corrected chi connectivity index (χ1v) is 8.58. The summed E-state index contributed by atoms with van der Waals surface area (Å²) in [6, 6.07) is 0. The maximum Gasteiger partial charge on any atom is 0.232 e. The van der Waals surface area contributed by atoms with Gasteiger partial charge in [-0.25, -0.2) is 16.8 Å². The molecule has 18 heavy (non-hydrogen) atoms. The number of nitrogens with one attached hydrogen (secondary N) is 2. The van der Waals surface area contributed by atoms with Crippen LogP contribution < -0.4 is 9.44 Å². The van der Waals surface area contributed by atoms with Gasteiger partial charge in [0.05, 0.1) is 11.5 Å². The van der Waals surface area contributed by atoms with Gasteiger partial charge in [0.2, 0.25) is 20.0 Å². The summed E-state index contributed by atoms with van der Waals surface area (Å²) in [6.45, 7) is 3.05.